The second-order valence-electron chi connectivity index (χ2n) is 5.68. The van der Waals surface area contributed by atoms with Crippen molar-refractivity contribution in [2.45, 2.75) is 20.8 Å². The topological polar surface area (TPSA) is 63.8 Å². The molecule has 2 heterocycles. The van der Waals surface area contributed by atoms with Crippen molar-refractivity contribution < 1.29 is 13.9 Å². The maximum absolute atomic E-state index is 12.2. The molecule has 0 spiro atoms. The molecule has 1 aromatic carbocycles. The van der Waals surface area contributed by atoms with Gasteiger partial charge in [0, 0.05) is 28.8 Å². The van der Waals surface area contributed by atoms with Crippen molar-refractivity contribution in [3.63, 3.8) is 0 Å². The van der Waals surface area contributed by atoms with Gasteiger partial charge in [-0.1, -0.05) is 11.8 Å². The molecule has 0 aliphatic carbocycles. The Labute approximate surface area is 145 Å². The van der Waals surface area contributed by atoms with Crippen molar-refractivity contribution in [3.8, 4) is 5.75 Å². The highest BCUT2D eigenvalue weighted by molar-refractivity contribution is 8.14. The Balaban J connectivity index is 1.95. The quantitative estimate of drug-likeness (QED) is 0.863. The number of nitrogens with zero attached hydrogens (tertiary/aromatic N) is 1. The highest BCUT2D eigenvalue weighted by atomic mass is 32.2. The zero-order valence-corrected chi connectivity index (χ0v) is 15.0. The summed E-state index contributed by atoms with van der Waals surface area (Å²) >= 11 is 1.56. The van der Waals surface area contributed by atoms with E-state index < -0.39 is 0 Å². The number of aliphatic imine (C=N–C) groups is 1. The molecule has 1 amide bonds. The minimum atomic E-state index is -0.178. The van der Waals surface area contributed by atoms with Crippen molar-refractivity contribution in [2.75, 3.05) is 19.4 Å². The number of aryl methyl sites for hydroxylation is 2. The van der Waals surface area contributed by atoms with Gasteiger partial charge < -0.3 is 14.5 Å². The van der Waals surface area contributed by atoms with Crippen LogP contribution in [0.1, 0.15) is 23.8 Å². The van der Waals surface area contributed by atoms with Crippen LogP contribution in [0.4, 0.5) is 0 Å². The molecule has 1 aromatic heterocycles. The first-order valence-corrected chi connectivity index (χ1v) is 8.73. The first kappa shape index (κ1) is 16.6. The van der Waals surface area contributed by atoms with Gasteiger partial charge in [-0.05, 0) is 38.0 Å². The lowest BCUT2D eigenvalue weighted by molar-refractivity contribution is -0.115. The number of nitrogens with one attached hydrogen (secondary N) is 1. The molecule has 1 aliphatic heterocycles. The van der Waals surface area contributed by atoms with Gasteiger partial charge in [-0.2, -0.15) is 0 Å². The summed E-state index contributed by atoms with van der Waals surface area (Å²) in [5, 5.41) is 4.53. The van der Waals surface area contributed by atoms with Gasteiger partial charge in [-0.25, -0.2) is 0 Å². The highest BCUT2D eigenvalue weighted by Gasteiger charge is 2.15. The number of carbonyl (C=O) groups is 1. The van der Waals surface area contributed by atoms with Gasteiger partial charge in [0.15, 0.2) is 5.17 Å². The van der Waals surface area contributed by atoms with E-state index in [-0.39, 0.29) is 5.91 Å². The molecule has 0 saturated heterocycles. The van der Waals surface area contributed by atoms with E-state index >= 15 is 0 Å². The number of rotatable bonds is 3. The van der Waals surface area contributed by atoms with E-state index in [0.717, 1.165) is 45.7 Å². The number of methoxy groups -OCH3 is 1. The maximum atomic E-state index is 12.2. The number of ether oxygens (including phenoxy) is 1. The zero-order valence-electron chi connectivity index (χ0n) is 14.2. The first-order valence-electron chi connectivity index (χ1n) is 7.74. The van der Waals surface area contributed by atoms with Gasteiger partial charge in [0.1, 0.15) is 17.1 Å². The summed E-state index contributed by atoms with van der Waals surface area (Å²) in [6.07, 6.45) is 1.58. The standard InChI is InChI=1S/C18H20N2O3S/c1-10(7-17(21)20-18-19-5-6-24-18)13-8-14-11(2)12(3)23-16(14)9-15(13)22-4/h7-9H,5-6H2,1-4H3,(H,19,20,21). The molecule has 5 nitrogen and oxygen atoms in total. The normalized spacial score (nSPS) is 14.8. The number of carbonyl (C=O) groups excluding carboxylic acids is 1. The van der Waals surface area contributed by atoms with Crippen LogP contribution in [0, 0.1) is 13.8 Å². The SMILES string of the molecule is COc1cc2oc(C)c(C)c2cc1C(C)=CC(=O)NC1=NCCS1. The summed E-state index contributed by atoms with van der Waals surface area (Å²) in [6.45, 7) is 6.62. The van der Waals surface area contributed by atoms with E-state index in [1.807, 2.05) is 32.9 Å². The van der Waals surface area contributed by atoms with Gasteiger partial charge in [0.2, 0.25) is 5.91 Å². The number of thioether (sulfide) groups is 1. The Hall–Kier alpha value is -2.21. The van der Waals surface area contributed by atoms with Crippen molar-refractivity contribution in [1.82, 2.24) is 5.32 Å². The second kappa shape index (κ2) is 6.73. The molecule has 24 heavy (non-hydrogen) atoms. The monoisotopic (exact) mass is 344 g/mol. The van der Waals surface area contributed by atoms with Gasteiger partial charge in [0.05, 0.1) is 13.7 Å². The molecular formula is C18H20N2O3S. The van der Waals surface area contributed by atoms with Crippen molar-refractivity contribution in [2.24, 2.45) is 4.99 Å². The Morgan fingerprint density at radius 1 is 1.42 bits per heavy atom. The van der Waals surface area contributed by atoms with Gasteiger partial charge in [0.25, 0.3) is 0 Å². The molecule has 6 heteroatoms. The molecule has 0 radical (unpaired) electrons. The maximum Gasteiger partial charge on any atom is 0.250 e. The Kier molecular flexibility index (Phi) is 4.66. The first-order chi connectivity index (χ1) is 11.5. The lowest BCUT2D eigenvalue weighted by atomic mass is 10.0. The summed E-state index contributed by atoms with van der Waals surface area (Å²) in [6, 6.07) is 3.89. The van der Waals surface area contributed by atoms with Crippen LogP contribution in [0.5, 0.6) is 5.75 Å². The Morgan fingerprint density at radius 2 is 2.21 bits per heavy atom. The third-order valence-electron chi connectivity index (χ3n) is 4.08. The Bertz CT molecular complexity index is 865. The number of fused-ring (bicyclic) bond motifs is 1. The molecule has 0 saturated carbocycles. The molecule has 0 unspecified atom stereocenters. The third-order valence-corrected chi connectivity index (χ3v) is 4.98. The van der Waals surface area contributed by atoms with Crippen LogP contribution in [-0.2, 0) is 4.79 Å². The molecule has 1 aliphatic rings. The van der Waals surface area contributed by atoms with Crippen LogP contribution in [0.15, 0.2) is 27.6 Å². The number of allylic oxidation sites excluding steroid dienone is 1. The average molecular weight is 344 g/mol. The van der Waals surface area contributed by atoms with E-state index in [1.54, 1.807) is 24.9 Å². The fraction of sp³-hybridized carbons (Fsp3) is 0.333. The molecule has 3 rings (SSSR count). The van der Waals surface area contributed by atoms with E-state index in [4.69, 9.17) is 9.15 Å². The molecular weight excluding hydrogens is 324 g/mol. The number of hydrogen-bond donors (Lipinski definition) is 1. The fourth-order valence-electron chi connectivity index (χ4n) is 2.67. The largest absolute Gasteiger partial charge is 0.496 e. The van der Waals surface area contributed by atoms with Crippen LogP contribution in [-0.4, -0.2) is 30.5 Å². The van der Waals surface area contributed by atoms with E-state index in [1.165, 1.54) is 0 Å². The fourth-order valence-corrected chi connectivity index (χ4v) is 3.40. The number of amidine groups is 1. The average Bonchev–Trinajstić information content (AvgIpc) is 3.14. The van der Waals surface area contributed by atoms with E-state index in [2.05, 4.69) is 10.3 Å². The predicted octanol–water partition coefficient (Wildman–Crippen LogP) is 3.68. The van der Waals surface area contributed by atoms with Crippen LogP contribution < -0.4 is 10.1 Å². The van der Waals surface area contributed by atoms with E-state index in [9.17, 15) is 4.79 Å². The number of amides is 1. The lowest BCUT2D eigenvalue weighted by Crippen LogP contribution is -2.25. The Morgan fingerprint density at radius 3 is 2.88 bits per heavy atom. The van der Waals surface area contributed by atoms with Gasteiger partial charge in [-0.3, -0.25) is 9.79 Å². The highest BCUT2D eigenvalue weighted by Crippen LogP contribution is 2.34. The lowest BCUT2D eigenvalue weighted by Gasteiger charge is -2.09. The summed E-state index contributed by atoms with van der Waals surface area (Å²) in [5.74, 6) is 2.31. The van der Waals surface area contributed by atoms with Crippen molar-refractivity contribution in [3.05, 3.63) is 35.1 Å². The van der Waals surface area contributed by atoms with Gasteiger partial charge >= 0.3 is 0 Å². The molecule has 1 N–H and O–H groups in total. The van der Waals surface area contributed by atoms with Crippen molar-refractivity contribution >= 4 is 39.4 Å². The molecule has 0 fully saturated rings. The molecule has 126 valence electrons. The van der Waals surface area contributed by atoms with Crippen LogP contribution in [0.25, 0.3) is 16.5 Å². The van der Waals surface area contributed by atoms with Crippen LogP contribution in [0.2, 0.25) is 0 Å². The second-order valence-corrected chi connectivity index (χ2v) is 6.77. The summed E-state index contributed by atoms with van der Waals surface area (Å²) in [5.41, 5.74) is 3.60. The molecule has 0 atom stereocenters. The summed E-state index contributed by atoms with van der Waals surface area (Å²) in [7, 11) is 1.62. The minimum absolute atomic E-state index is 0.178. The zero-order chi connectivity index (χ0) is 17.3. The number of furan rings is 1. The van der Waals surface area contributed by atoms with Gasteiger partial charge in [-0.15, -0.1) is 0 Å². The molecule has 0 bridgehead atoms. The summed E-state index contributed by atoms with van der Waals surface area (Å²) < 4.78 is 11.2. The molecule has 2 aromatic rings. The smallest absolute Gasteiger partial charge is 0.250 e. The van der Waals surface area contributed by atoms with Crippen molar-refractivity contribution in [1.29, 1.82) is 0 Å². The third kappa shape index (κ3) is 3.19. The number of hydrogen-bond acceptors (Lipinski definition) is 5. The van der Waals surface area contributed by atoms with Crippen LogP contribution >= 0.6 is 11.8 Å². The minimum Gasteiger partial charge on any atom is -0.496 e. The number of benzene rings is 1. The van der Waals surface area contributed by atoms with Crippen LogP contribution in [0.3, 0.4) is 0 Å². The summed E-state index contributed by atoms with van der Waals surface area (Å²) in [4.78, 5) is 16.4. The van der Waals surface area contributed by atoms with E-state index in [0.29, 0.717) is 10.9 Å². The predicted molar refractivity (Wildman–Crippen MR) is 98.8 cm³/mol.